The van der Waals surface area contributed by atoms with Gasteiger partial charge in [0.2, 0.25) is 59.1 Å². The van der Waals surface area contributed by atoms with Crippen molar-refractivity contribution in [2.75, 3.05) is 43.1 Å². The van der Waals surface area contributed by atoms with Crippen LogP contribution in [0.15, 0.2) is 4.99 Å². The van der Waals surface area contributed by atoms with E-state index in [1.54, 1.807) is 34.0 Å². The quantitative estimate of drug-likeness (QED) is 0.0141. The number of amides is 10. The van der Waals surface area contributed by atoms with Gasteiger partial charge >= 0.3 is 5.97 Å². The van der Waals surface area contributed by atoms with Gasteiger partial charge in [0.1, 0.15) is 60.4 Å². The van der Waals surface area contributed by atoms with Crippen LogP contribution in [0.2, 0.25) is 0 Å². The molecule has 2 heterocycles. The number of rotatable bonds is 36. The fourth-order valence-electron chi connectivity index (χ4n) is 9.59. The Bertz CT molecular complexity index is 2280. The zero-order valence-electron chi connectivity index (χ0n) is 50.3. The van der Waals surface area contributed by atoms with Gasteiger partial charge in [0.05, 0.1) is 12.1 Å². The van der Waals surface area contributed by atoms with Gasteiger partial charge in [-0.1, -0.05) is 68.2 Å². The van der Waals surface area contributed by atoms with Crippen LogP contribution >= 0.6 is 37.0 Å². The van der Waals surface area contributed by atoms with Crippen molar-refractivity contribution < 1.29 is 63.0 Å². The number of aliphatic hydroxyl groups is 1. The minimum absolute atomic E-state index is 0.125. The zero-order valence-corrected chi connectivity index (χ0v) is 52.9. The molecule has 2 fully saturated rings. The van der Waals surface area contributed by atoms with Crippen molar-refractivity contribution in [1.29, 1.82) is 0 Å². The summed E-state index contributed by atoms with van der Waals surface area (Å²) in [6.07, 6.45) is 3.34. The van der Waals surface area contributed by atoms with Crippen LogP contribution in [0.3, 0.4) is 0 Å². The van der Waals surface area contributed by atoms with Crippen LogP contribution < -0.4 is 59.7 Å². The third kappa shape index (κ3) is 23.0. The number of carbonyl (C=O) groups excluding carboxylic acids is 10. The molecule has 16 N–H and O–H groups in total. The molecule has 0 saturated carbocycles. The summed E-state index contributed by atoms with van der Waals surface area (Å²) in [6, 6.07) is -13.2. The number of nitrogens with one attached hydrogen (secondary N) is 8. The zero-order chi connectivity index (χ0) is 63.7. The summed E-state index contributed by atoms with van der Waals surface area (Å²) in [7, 11) is 0. The van der Waals surface area contributed by atoms with Gasteiger partial charge in [-0.05, 0) is 94.0 Å². The summed E-state index contributed by atoms with van der Waals surface area (Å²) in [5, 5.41) is 41.2. The van der Waals surface area contributed by atoms with Crippen molar-refractivity contribution in [1.82, 2.24) is 52.3 Å². The number of nitrogens with two attached hydrogens (primary N) is 3. The van der Waals surface area contributed by atoms with E-state index in [-0.39, 0.29) is 75.1 Å². The summed E-state index contributed by atoms with van der Waals surface area (Å²) in [5.41, 5.74) is 16.7. The third-order valence-corrected chi connectivity index (χ3v) is 16.4. The molecule has 478 valence electrons. The summed E-state index contributed by atoms with van der Waals surface area (Å²) >= 11 is 9.70. The van der Waals surface area contributed by atoms with Crippen LogP contribution in [0.5, 0.6) is 0 Å². The van der Waals surface area contributed by atoms with E-state index in [1.807, 2.05) is 27.7 Å². The Kier molecular flexibility index (Phi) is 32.9. The van der Waals surface area contributed by atoms with Crippen molar-refractivity contribution in [3.8, 4) is 0 Å². The molecule has 0 bridgehead atoms. The molecular formula is C54H96N14O13S3. The fourth-order valence-corrected chi connectivity index (χ4v) is 10.6. The molecule has 27 nitrogen and oxygen atoms in total. The van der Waals surface area contributed by atoms with Gasteiger partial charge in [0.15, 0.2) is 5.96 Å². The molecule has 14 atom stereocenters. The lowest BCUT2D eigenvalue weighted by molar-refractivity contribution is -0.146. The molecule has 30 heteroatoms. The number of aliphatic carboxylic acids is 1. The second kappa shape index (κ2) is 37.1. The predicted molar refractivity (Wildman–Crippen MR) is 326 cm³/mol. The van der Waals surface area contributed by atoms with Gasteiger partial charge in [-0.25, -0.2) is 4.79 Å². The highest BCUT2D eigenvalue weighted by atomic mass is 32.2. The minimum atomic E-state index is -1.53. The van der Waals surface area contributed by atoms with E-state index < -0.39 is 155 Å². The minimum Gasteiger partial charge on any atom is -0.480 e. The first kappa shape index (κ1) is 74.5. The summed E-state index contributed by atoms with van der Waals surface area (Å²) in [4.78, 5) is 158. The highest BCUT2D eigenvalue weighted by Gasteiger charge is 2.45. The largest absolute Gasteiger partial charge is 0.480 e. The lowest BCUT2D eigenvalue weighted by Crippen LogP contribution is -2.62. The lowest BCUT2D eigenvalue weighted by Gasteiger charge is -2.35. The first-order chi connectivity index (χ1) is 39.5. The Morgan fingerprint density at radius 3 is 1.51 bits per heavy atom. The molecule has 2 aliphatic rings. The second-order valence-electron chi connectivity index (χ2n) is 22.5. The maximum atomic E-state index is 14.7. The number of guanidine groups is 1. The maximum Gasteiger partial charge on any atom is 0.327 e. The Morgan fingerprint density at radius 1 is 0.595 bits per heavy atom. The molecule has 0 unspecified atom stereocenters. The van der Waals surface area contributed by atoms with Crippen LogP contribution in [-0.4, -0.2) is 207 Å². The predicted octanol–water partition coefficient (Wildman–Crippen LogP) is -1.90. The molecule has 84 heavy (non-hydrogen) atoms. The number of nitrogens with zero attached hydrogens (tertiary/aromatic N) is 3. The topological polar surface area (TPSA) is 421 Å². The first-order valence-corrected chi connectivity index (χ1v) is 31.6. The van der Waals surface area contributed by atoms with E-state index in [2.05, 4.69) is 72.8 Å². The highest BCUT2D eigenvalue weighted by molar-refractivity contribution is 7.98. The number of hydrogen-bond acceptors (Lipinski definition) is 17. The summed E-state index contributed by atoms with van der Waals surface area (Å²) in [6.45, 7) is 16.0. The van der Waals surface area contributed by atoms with Gasteiger partial charge in [-0.3, -0.25) is 52.9 Å². The lowest BCUT2D eigenvalue weighted by atomic mass is 9.96. The number of carboxylic acids is 1. The number of carboxylic acid groups (broad SMARTS) is 1. The molecule has 0 aromatic carbocycles. The second-order valence-corrected chi connectivity index (χ2v) is 24.2. The Morgan fingerprint density at radius 2 is 1.05 bits per heavy atom. The Balaban J connectivity index is 2.31. The van der Waals surface area contributed by atoms with Gasteiger partial charge < -0.3 is 79.7 Å². The van der Waals surface area contributed by atoms with Crippen LogP contribution in [-0.2, 0) is 52.7 Å². The average molecular weight is 1250 g/mol. The molecule has 0 aromatic heterocycles. The molecule has 0 aliphatic carbocycles. The number of aliphatic imine (C=N–C) groups is 1. The van der Waals surface area contributed by atoms with E-state index in [0.29, 0.717) is 37.9 Å². The number of carbonyl (C=O) groups is 11. The molecule has 0 radical (unpaired) electrons. The Hall–Kier alpha value is -5.59. The first-order valence-electron chi connectivity index (χ1n) is 29.0. The van der Waals surface area contributed by atoms with Gasteiger partial charge in [0.25, 0.3) is 0 Å². The van der Waals surface area contributed by atoms with Gasteiger partial charge in [0, 0.05) is 31.1 Å². The monoisotopic (exact) mass is 1240 g/mol. The van der Waals surface area contributed by atoms with Gasteiger partial charge in [-0.15, -0.1) is 0 Å². The molecule has 2 rings (SSSR count). The number of hydrogen-bond donors (Lipinski definition) is 15. The average Bonchev–Trinajstić information content (AvgIpc) is 3.68. The number of thiol groups is 2. The maximum absolute atomic E-state index is 14.7. The number of aliphatic hydroxyl groups excluding tert-OH is 1. The molecule has 2 aliphatic heterocycles. The summed E-state index contributed by atoms with van der Waals surface area (Å²) in [5.74, 6) is -9.94. The van der Waals surface area contributed by atoms with E-state index in [1.165, 1.54) is 28.5 Å². The van der Waals surface area contributed by atoms with Crippen LogP contribution in [0, 0.1) is 23.7 Å². The normalized spacial score (nSPS) is 19.3. The molecule has 10 amide bonds. The van der Waals surface area contributed by atoms with E-state index in [0.717, 1.165) is 0 Å². The van der Waals surface area contributed by atoms with Crippen LogP contribution in [0.25, 0.3) is 0 Å². The highest BCUT2D eigenvalue weighted by Crippen LogP contribution is 2.25. The van der Waals surface area contributed by atoms with E-state index in [9.17, 15) is 63.0 Å². The number of thioether (sulfide) groups is 1. The van der Waals surface area contributed by atoms with Crippen molar-refractivity contribution in [2.24, 2.45) is 45.9 Å². The van der Waals surface area contributed by atoms with E-state index >= 15 is 0 Å². The van der Waals surface area contributed by atoms with Gasteiger partial charge in [-0.2, -0.15) is 37.0 Å². The van der Waals surface area contributed by atoms with Crippen LogP contribution in [0.4, 0.5) is 0 Å². The fraction of sp³-hybridized carbons (Fsp3) is 0.778. The van der Waals surface area contributed by atoms with E-state index in [4.69, 9.17) is 17.2 Å². The third-order valence-electron chi connectivity index (χ3n) is 15.0. The van der Waals surface area contributed by atoms with Crippen molar-refractivity contribution in [2.45, 2.75) is 199 Å². The molecule has 0 spiro atoms. The smallest absolute Gasteiger partial charge is 0.327 e. The van der Waals surface area contributed by atoms with Crippen LogP contribution in [0.1, 0.15) is 127 Å². The molecular weight excluding hydrogens is 1150 g/mol. The van der Waals surface area contributed by atoms with Crippen molar-refractivity contribution in [3.63, 3.8) is 0 Å². The SMILES string of the molecule is CC[C@H](C)[C@H](NC(=O)[C@H](CS)NC(=O)[C@@H](NC(=O)[C@@H](N)CCCN=C(N)N)[C@@H](C)O)C(=O)N1CCC[C@H]1C(=O)N[C@H](C(=O)N1CCC[C@H]1C(=O)N[C@@H](CC(C)C)C(=O)N[C@H](C(=O)N[C@@H](CCSC)C(=O)N[C@@H](CS)C(=O)O)C(C)C)[C@@H](C)CC. The molecule has 2 saturated heterocycles. The van der Waals surface area contributed by atoms with Crippen molar-refractivity contribution in [3.05, 3.63) is 0 Å². The number of likely N-dealkylation sites (tertiary alicyclic amines) is 2. The van der Waals surface area contributed by atoms with Crippen molar-refractivity contribution >= 4 is 108 Å². The molecule has 0 aromatic rings. The Labute approximate surface area is 509 Å². The standard InChI is InChI=1S/C54H96N14O13S3/c1-11-29(7)40(64-46(73)35(25-82)61-50(77)42(31(9)69)66-43(70)32(55)16-13-20-58-54(56)57)51(78)68-22-15-18-38(68)48(75)65-41(30(8)12-2)52(79)67-21-14-17-37(67)47(74)60-34(24-27(3)4)45(72)63-39(28(5)6)49(76)59-33(19-23-84-10)44(71)62-36(26-83)53(80)81/h27-42,69,82-83H,11-26,55H2,1-10H3,(H,59,76)(H,60,74)(H,61,77)(H,62,71)(H,63,72)(H,64,73)(H,65,75)(H,66,70)(H,80,81)(H4,56,57,58)/t29-,30-,31+,32-,33-,34-,35-,36-,37-,38-,39-,40-,41-,42-/m0/s1. The summed E-state index contributed by atoms with van der Waals surface area (Å²) < 4.78 is 0.